The van der Waals surface area contributed by atoms with Crippen molar-refractivity contribution in [3.05, 3.63) is 0 Å². The molecule has 0 spiro atoms. The first-order chi connectivity index (χ1) is 0. The van der Waals surface area contributed by atoms with Crippen LogP contribution in [0, 0.1) is 0 Å². The summed E-state index contributed by atoms with van der Waals surface area (Å²) in [6.45, 7) is 0. The molecule has 0 rings (SSSR count). The van der Waals surface area contributed by atoms with Crippen LogP contribution < -0.4 is 0 Å². The summed E-state index contributed by atoms with van der Waals surface area (Å²) in [5, 5.41) is 0. The van der Waals surface area contributed by atoms with Crippen LogP contribution >= 0.6 is 0 Å². The molecule has 0 aliphatic carbocycles. The molecule has 2 radical (unpaired) electrons. The topological polar surface area (TPSA) is 85.5 Å². The first-order valence-corrected chi connectivity index (χ1v) is 0. The maximum Gasteiger partial charge on any atom is 0 e. The van der Waals surface area contributed by atoms with E-state index in [1.54, 1.807) is 0 Å². The van der Waals surface area contributed by atoms with E-state index in [0.29, 0.717) is 0 Å². The van der Waals surface area contributed by atoms with Gasteiger partial charge in [-0.1, -0.05) is 0 Å². The van der Waals surface area contributed by atoms with Crippen molar-refractivity contribution in [1.82, 2.24) is 0 Å². The summed E-state index contributed by atoms with van der Waals surface area (Å²) in [5.74, 6) is 0. The van der Waals surface area contributed by atoms with E-state index in [-0.39, 0.29) is 152 Å². The summed E-state index contributed by atoms with van der Waals surface area (Å²) in [5.41, 5.74) is 0. The molecule has 0 aliphatic heterocycles. The molecule has 9 heavy (non-hydrogen) atoms. The first kappa shape index (κ1) is 107. The summed E-state index contributed by atoms with van der Waals surface area (Å²) < 4.78 is 0. The quantitative estimate of drug-likeness (QED) is 0.229. The summed E-state index contributed by atoms with van der Waals surface area (Å²) in [6, 6.07) is 0. The molecule has 0 aromatic rings. The maximum atomic E-state index is 0. The fourth-order valence-corrected chi connectivity index (χ4v) is 0. The minimum atomic E-state index is 0. The Balaban J connectivity index is 0. The van der Waals surface area contributed by atoms with Crippen LogP contribution in [0.4, 0.5) is 0 Å². The van der Waals surface area contributed by atoms with E-state index in [1.165, 1.54) is 0 Å². The second-order valence-corrected chi connectivity index (χ2v) is 0. The zero-order valence-corrected chi connectivity index (χ0v) is 14.5. The minimum absolute atomic E-state index is 0. The van der Waals surface area contributed by atoms with Crippen molar-refractivity contribution >= 4 is 91.3 Å². The number of hydrogen-bond donors (Lipinski definition) is 0. The number of hydrogen-bond acceptors (Lipinski definition) is 0. The van der Waals surface area contributed by atoms with Gasteiger partial charge in [0.05, 0.1) is 0 Å². The van der Waals surface area contributed by atoms with E-state index in [0.717, 1.165) is 0 Å². The normalized spacial score (nSPS) is 0. The van der Waals surface area contributed by atoms with Crippen LogP contribution in [0.5, 0.6) is 0 Å². The molecular weight excluding hydrogens is 779 g/mol. The van der Waals surface area contributed by atoms with Crippen LogP contribution in [0.1, 0.15) is 0 Å². The summed E-state index contributed by atoms with van der Waals surface area (Å²) in [7, 11) is 0. The Hall–Kier alpha value is 4.37. The van der Waals surface area contributed by atoms with Gasteiger partial charge in [-0.25, -0.2) is 0 Å². The average Bonchev–Trinajstić information content (AvgIpc) is 0. The smallest absolute Gasteiger partial charge is 0 e. The van der Waals surface area contributed by atoms with E-state index in [4.69, 9.17) is 0 Å². The van der Waals surface area contributed by atoms with Crippen molar-refractivity contribution in [2.45, 2.75) is 0 Å². The molecule has 0 aromatic heterocycles. The van der Waals surface area contributed by atoms with Gasteiger partial charge < -0.3 is 16.4 Å². The SMILES string of the molecule is [Ga+3].[Ga+3].[InH3].[InH3].[O-2].[O-2].[O-2].[Ta].[Ta]. The Kier molecular flexibility index (Phi) is 995. The molecule has 0 unspecified atom stereocenters. The monoisotopic (exact) mass is 784 g/mol. The van der Waals surface area contributed by atoms with Gasteiger partial charge in [-0.05, 0) is 0 Å². The van der Waals surface area contributed by atoms with Gasteiger partial charge in [-0.3, -0.25) is 0 Å². The minimum Gasteiger partial charge on any atom is -2.00 e. The molecule has 0 atom stereocenters. The van der Waals surface area contributed by atoms with Crippen LogP contribution in [-0.2, 0) is 61.2 Å². The Morgan fingerprint density at radius 1 is 0.444 bits per heavy atom. The average molecular weight is 785 g/mol. The fraction of sp³-hybridized carbons (Fsp3) is 0. The standard InChI is InChI=1S/2Ga.2In.3O.2Ta.6H/q2*+3;;;3*-2;;;;;;;;. The van der Waals surface area contributed by atoms with E-state index in [2.05, 4.69) is 0 Å². The van der Waals surface area contributed by atoms with Gasteiger partial charge in [0.15, 0.2) is 0 Å². The second-order valence-electron chi connectivity index (χ2n) is 0. The third-order valence-corrected chi connectivity index (χ3v) is 0. The molecular formula is H6Ga2In2O3Ta2. The van der Waals surface area contributed by atoms with Crippen LogP contribution in [0.2, 0.25) is 0 Å². The molecule has 0 amide bonds. The Labute approximate surface area is 149 Å². The summed E-state index contributed by atoms with van der Waals surface area (Å²) in [6.07, 6.45) is 0. The second kappa shape index (κ2) is 83.7. The van der Waals surface area contributed by atoms with Gasteiger partial charge in [-0.2, -0.15) is 0 Å². The van der Waals surface area contributed by atoms with E-state index >= 15 is 0 Å². The molecule has 0 aromatic carbocycles. The van der Waals surface area contributed by atoms with Crippen molar-refractivity contribution in [1.29, 1.82) is 0 Å². The van der Waals surface area contributed by atoms with E-state index in [1.807, 2.05) is 0 Å². The molecule has 9 heteroatoms. The largest absolute Gasteiger partial charge is 2.00 e. The molecule has 0 heterocycles. The van der Waals surface area contributed by atoms with Crippen molar-refractivity contribution in [3.8, 4) is 0 Å². The van der Waals surface area contributed by atoms with E-state index in [9.17, 15) is 0 Å². The van der Waals surface area contributed by atoms with Gasteiger partial charge in [0.1, 0.15) is 0 Å². The first-order valence-electron chi connectivity index (χ1n) is 0. The van der Waals surface area contributed by atoms with Crippen LogP contribution in [-0.4, -0.2) is 91.3 Å². The number of rotatable bonds is 0. The fourth-order valence-electron chi connectivity index (χ4n) is 0. The Morgan fingerprint density at radius 2 is 0.444 bits per heavy atom. The molecule has 46 valence electrons. The van der Waals surface area contributed by atoms with Crippen molar-refractivity contribution in [2.75, 3.05) is 0 Å². The van der Waals surface area contributed by atoms with Gasteiger partial charge in [-0.15, -0.1) is 0 Å². The molecule has 0 fully saturated rings. The third-order valence-electron chi connectivity index (χ3n) is 0. The molecule has 3 nitrogen and oxygen atoms in total. The van der Waals surface area contributed by atoms with E-state index < -0.39 is 0 Å². The van der Waals surface area contributed by atoms with Crippen molar-refractivity contribution < 1.29 is 61.2 Å². The molecule has 0 saturated heterocycles. The molecule has 0 bridgehead atoms. The predicted octanol–water partition coefficient (Wildman–Crippen LogP) is -3.49. The van der Waals surface area contributed by atoms with Gasteiger partial charge >= 0.3 is 91.3 Å². The Bertz CT molecular complexity index is 17.8. The molecule has 0 aliphatic rings. The van der Waals surface area contributed by atoms with Gasteiger partial charge in [0.2, 0.25) is 0 Å². The Morgan fingerprint density at radius 3 is 0.444 bits per heavy atom. The van der Waals surface area contributed by atoms with Crippen LogP contribution in [0.15, 0.2) is 0 Å². The maximum absolute atomic E-state index is 0. The molecule has 0 saturated carbocycles. The summed E-state index contributed by atoms with van der Waals surface area (Å²) in [4.78, 5) is 0. The van der Waals surface area contributed by atoms with Crippen LogP contribution in [0.3, 0.4) is 0 Å². The van der Waals surface area contributed by atoms with Gasteiger partial charge in [0.25, 0.3) is 0 Å². The van der Waals surface area contributed by atoms with Crippen molar-refractivity contribution in [2.24, 2.45) is 0 Å². The zero-order chi connectivity index (χ0) is 0. The molecule has 0 N–H and O–H groups in total. The predicted molar refractivity (Wildman–Crippen MR) is 33.4 cm³/mol. The van der Waals surface area contributed by atoms with Crippen molar-refractivity contribution in [3.63, 3.8) is 0 Å². The third kappa shape index (κ3) is 69.6. The summed E-state index contributed by atoms with van der Waals surface area (Å²) >= 11 is 0. The zero-order valence-electron chi connectivity index (χ0n) is 3.27. The van der Waals surface area contributed by atoms with Crippen LogP contribution in [0.25, 0.3) is 0 Å². The van der Waals surface area contributed by atoms with Gasteiger partial charge in [0, 0.05) is 44.8 Å².